The standard InChI is InChI=1S/C14H16N2O5S/c1-10-9-13(16-21-10)15-14(17)7-8-22(18,19)12-5-3-11(20-2)4-6-12/h3-6,9H,7-8H2,1-2H3,(H,15,16,17). The molecule has 1 aromatic heterocycles. The molecule has 0 aliphatic carbocycles. The number of aryl methyl sites for hydroxylation is 1. The molecule has 8 heteroatoms. The SMILES string of the molecule is COc1ccc(S(=O)(=O)CCC(=O)Nc2cc(C)on2)cc1. The molecule has 0 spiro atoms. The Balaban J connectivity index is 1.95. The first-order valence-electron chi connectivity index (χ1n) is 6.51. The van der Waals surface area contributed by atoms with Gasteiger partial charge in [0.1, 0.15) is 11.5 Å². The number of methoxy groups -OCH3 is 1. The number of hydrogen-bond donors (Lipinski definition) is 1. The van der Waals surface area contributed by atoms with Crippen LogP contribution in [0.2, 0.25) is 0 Å². The zero-order chi connectivity index (χ0) is 16.2. The zero-order valence-corrected chi connectivity index (χ0v) is 13.0. The molecule has 1 N–H and O–H groups in total. The van der Waals surface area contributed by atoms with Crippen LogP contribution in [0.3, 0.4) is 0 Å². The summed E-state index contributed by atoms with van der Waals surface area (Å²) in [5.74, 6) is 0.663. The molecule has 0 aliphatic heterocycles. The second-order valence-corrected chi connectivity index (χ2v) is 6.72. The minimum absolute atomic E-state index is 0.151. The maximum Gasteiger partial charge on any atom is 0.226 e. The van der Waals surface area contributed by atoms with Crippen molar-refractivity contribution >= 4 is 21.6 Å². The van der Waals surface area contributed by atoms with E-state index in [1.807, 2.05) is 0 Å². The van der Waals surface area contributed by atoms with Crippen LogP contribution < -0.4 is 10.1 Å². The van der Waals surface area contributed by atoms with Gasteiger partial charge in [-0.3, -0.25) is 4.79 Å². The van der Waals surface area contributed by atoms with Crippen molar-refractivity contribution in [1.29, 1.82) is 0 Å². The van der Waals surface area contributed by atoms with Gasteiger partial charge in [-0.05, 0) is 31.2 Å². The number of amides is 1. The van der Waals surface area contributed by atoms with Gasteiger partial charge in [0.25, 0.3) is 0 Å². The summed E-state index contributed by atoms with van der Waals surface area (Å²) in [7, 11) is -2.03. The third kappa shape index (κ3) is 4.08. The molecule has 118 valence electrons. The predicted molar refractivity (Wildman–Crippen MR) is 79.5 cm³/mol. The number of nitrogens with zero attached hydrogens (tertiary/aromatic N) is 1. The number of nitrogens with one attached hydrogen (secondary N) is 1. The van der Waals surface area contributed by atoms with Gasteiger partial charge < -0.3 is 14.6 Å². The fraction of sp³-hybridized carbons (Fsp3) is 0.286. The first-order valence-corrected chi connectivity index (χ1v) is 8.16. The maximum absolute atomic E-state index is 12.1. The number of anilines is 1. The summed E-state index contributed by atoms with van der Waals surface area (Å²) in [6.07, 6.45) is -0.166. The minimum Gasteiger partial charge on any atom is -0.497 e. The van der Waals surface area contributed by atoms with Gasteiger partial charge in [-0.1, -0.05) is 5.16 Å². The molecule has 0 saturated heterocycles. The van der Waals surface area contributed by atoms with E-state index in [-0.39, 0.29) is 22.9 Å². The number of carbonyl (C=O) groups excluding carboxylic acids is 1. The molecule has 0 fully saturated rings. The molecule has 0 saturated carbocycles. The number of sulfone groups is 1. The normalized spacial score (nSPS) is 11.2. The van der Waals surface area contributed by atoms with Crippen molar-refractivity contribution in [2.24, 2.45) is 0 Å². The number of benzene rings is 1. The van der Waals surface area contributed by atoms with Gasteiger partial charge in [0.2, 0.25) is 5.91 Å². The van der Waals surface area contributed by atoms with E-state index < -0.39 is 15.7 Å². The number of ether oxygens (including phenoxy) is 1. The van der Waals surface area contributed by atoms with Crippen LogP contribution in [0.1, 0.15) is 12.2 Å². The lowest BCUT2D eigenvalue weighted by Crippen LogP contribution is -2.17. The van der Waals surface area contributed by atoms with Crippen molar-refractivity contribution in [3.05, 3.63) is 36.1 Å². The first kappa shape index (κ1) is 16.0. The van der Waals surface area contributed by atoms with E-state index in [1.165, 1.54) is 19.2 Å². The van der Waals surface area contributed by atoms with Crippen LogP contribution in [0.25, 0.3) is 0 Å². The Morgan fingerprint density at radius 3 is 2.55 bits per heavy atom. The lowest BCUT2D eigenvalue weighted by atomic mass is 10.3. The third-order valence-electron chi connectivity index (χ3n) is 2.91. The Morgan fingerprint density at radius 2 is 2.00 bits per heavy atom. The molecule has 0 unspecified atom stereocenters. The van der Waals surface area contributed by atoms with Crippen LogP contribution in [0.4, 0.5) is 5.82 Å². The quantitative estimate of drug-likeness (QED) is 0.870. The molecule has 1 heterocycles. The summed E-state index contributed by atoms with van der Waals surface area (Å²) in [6.45, 7) is 1.69. The lowest BCUT2D eigenvalue weighted by Gasteiger charge is -2.05. The van der Waals surface area contributed by atoms with Crippen molar-refractivity contribution in [1.82, 2.24) is 5.16 Å². The molecule has 0 atom stereocenters. The van der Waals surface area contributed by atoms with Crippen LogP contribution in [0, 0.1) is 6.92 Å². The third-order valence-corrected chi connectivity index (χ3v) is 4.64. The Morgan fingerprint density at radius 1 is 1.32 bits per heavy atom. The summed E-state index contributed by atoms with van der Waals surface area (Å²) in [6, 6.07) is 7.58. The summed E-state index contributed by atoms with van der Waals surface area (Å²) < 4.78 is 34.1. The van der Waals surface area contributed by atoms with Gasteiger partial charge in [0, 0.05) is 12.5 Å². The Kier molecular flexibility index (Phi) is 4.81. The Hall–Kier alpha value is -2.35. The molecular weight excluding hydrogens is 308 g/mol. The summed E-state index contributed by atoms with van der Waals surface area (Å²) >= 11 is 0. The van der Waals surface area contributed by atoms with Crippen LogP contribution in [0.15, 0.2) is 39.8 Å². The monoisotopic (exact) mass is 324 g/mol. The lowest BCUT2D eigenvalue weighted by molar-refractivity contribution is -0.115. The van der Waals surface area contributed by atoms with Gasteiger partial charge in [0.05, 0.1) is 17.8 Å². The van der Waals surface area contributed by atoms with Crippen molar-refractivity contribution in [2.45, 2.75) is 18.2 Å². The molecule has 22 heavy (non-hydrogen) atoms. The highest BCUT2D eigenvalue weighted by Crippen LogP contribution is 2.17. The largest absolute Gasteiger partial charge is 0.497 e. The molecule has 0 radical (unpaired) electrons. The van der Waals surface area contributed by atoms with Crippen LogP contribution >= 0.6 is 0 Å². The fourth-order valence-corrected chi connectivity index (χ4v) is 3.00. The summed E-state index contributed by atoms with van der Waals surface area (Å²) in [5, 5.41) is 6.08. The van der Waals surface area contributed by atoms with E-state index in [4.69, 9.17) is 9.26 Å². The number of carbonyl (C=O) groups is 1. The van der Waals surface area contributed by atoms with Gasteiger partial charge in [-0.2, -0.15) is 0 Å². The van der Waals surface area contributed by atoms with Crippen LogP contribution in [-0.2, 0) is 14.6 Å². The highest BCUT2D eigenvalue weighted by atomic mass is 32.2. The topological polar surface area (TPSA) is 98.5 Å². The van der Waals surface area contributed by atoms with E-state index in [1.54, 1.807) is 25.1 Å². The second-order valence-electron chi connectivity index (χ2n) is 4.62. The van der Waals surface area contributed by atoms with Crippen molar-refractivity contribution in [2.75, 3.05) is 18.2 Å². The van der Waals surface area contributed by atoms with E-state index in [9.17, 15) is 13.2 Å². The Bertz CT molecular complexity index is 750. The Labute approximate surface area is 128 Å². The molecule has 0 bridgehead atoms. The number of aromatic nitrogens is 1. The van der Waals surface area contributed by atoms with Gasteiger partial charge in [0.15, 0.2) is 15.7 Å². The molecule has 2 rings (SSSR count). The van der Waals surface area contributed by atoms with Gasteiger partial charge in [-0.25, -0.2) is 8.42 Å². The highest BCUT2D eigenvalue weighted by Gasteiger charge is 2.17. The minimum atomic E-state index is -3.53. The van der Waals surface area contributed by atoms with Gasteiger partial charge >= 0.3 is 0 Å². The first-order chi connectivity index (χ1) is 10.4. The number of hydrogen-bond acceptors (Lipinski definition) is 6. The molecule has 2 aromatic rings. The van der Waals surface area contributed by atoms with Crippen molar-refractivity contribution in [3.8, 4) is 5.75 Å². The van der Waals surface area contributed by atoms with E-state index in [0.717, 1.165) is 0 Å². The molecule has 7 nitrogen and oxygen atoms in total. The molecular formula is C14H16N2O5S. The molecule has 0 aliphatic rings. The molecule has 1 aromatic carbocycles. The van der Waals surface area contributed by atoms with Crippen LogP contribution in [-0.4, -0.2) is 32.3 Å². The van der Waals surface area contributed by atoms with E-state index in [2.05, 4.69) is 10.5 Å². The van der Waals surface area contributed by atoms with Crippen molar-refractivity contribution < 1.29 is 22.5 Å². The summed E-state index contributed by atoms with van der Waals surface area (Å²) in [4.78, 5) is 11.9. The smallest absolute Gasteiger partial charge is 0.226 e. The molecule has 1 amide bonds. The van der Waals surface area contributed by atoms with E-state index >= 15 is 0 Å². The van der Waals surface area contributed by atoms with E-state index in [0.29, 0.717) is 11.5 Å². The second kappa shape index (κ2) is 6.61. The van der Waals surface area contributed by atoms with Gasteiger partial charge in [-0.15, -0.1) is 0 Å². The highest BCUT2D eigenvalue weighted by molar-refractivity contribution is 7.91. The maximum atomic E-state index is 12.1. The average Bonchev–Trinajstić information content (AvgIpc) is 2.90. The number of rotatable bonds is 6. The zero-order valence-electron chi connectivity index (χ0n) is 12.2. The average molecular weight is 324 g/mol. The predicted octanol–water partition coefficient (Wildman–Crippen LogP) is 1.79. The summed E-state index contributed by atoms with van der Waals surface area (Å²) in [5.41, 5.74) is 0. The fourth-order valence-electron chi connectivity index (χ4n) is 1.76. The van der Waals surface area contributed by atoms with Crippen LogP contribution in [0.5, 0.6) is 5.75 Å². The van der Waals surface area contributed by atoms with Crippen molar-refractivity contribution in [3.63, 3.8) is 0 Å².